The molecule has 1 aliphatic rings. The summed E-state index contributed by atoms with van der Waals surface area (Å²) in [6, 6.07) is 2.02. The average Bonchev–Trinajstić information content (AvgIpc) is 2.43. The van der Waals surface area contributed by atoms with Crippen molar-refractivity contribution in [1.29, 1.82) is 0 Å². The fourth-order valence-electron chi connectivity index (χ4n) is 2.01. The zero-order valence-corrected chi connectivity index (χ0v) is 13.0. The summed E-state index contributed by atoms with van der Waals surface area (Å²) in [4.78, 5) is 15.6. The van der Waals surface area contributed by atoms with Gasteiger partial charge in [0, 0.05) is 18.8 Å². The third kappa shape index (κ3) is 3.98. The van der Waals surface area contributed by atoms with Gasteiger partial charge in [0.2, 0.25) is 5.88 Å². The first-order valence-corrected chi connectivity index (χ1v) is 6.62. The fraction of sp³-hybridized carbons (Fsp3) is 0.538. The van der Waals surface area contributed by atoms with Crippen molar-refractivity contribution in [3.63, 3.8) is 0 Å². The number of ether oxygens (including phenoxy) is 2. The molecule has 0 aliphatic carbocycles. The minimum atomic E-state index is -0.493. The van der Waals surface area contributed by atoms with Crippen LogP contribution < -0.4 is 10.1 Å². The maximum Gasteiger partial charge on any atom is 0.339 e. The smallest absolute Gasteiger partial charge is 0.339 e. The number of piperidine rings is 1. The van der Waals surface area contributed by atoms with Gasteiger partial charge in [-0.25, -0.2) is 9.78 Å². The lowest BCUT2D eigenvalue weighted by atomic mass is 10.0. The molecule has 0 amide bonds. The van der Waals surface area contributed by atoms with Crippen molar-refractivity contribution in [2.75, 3.05) is 13.7 Å². The third-order valence-corrected chi connectivity index (χ3v) is 3.52. The van der Waals surface area contributed by atoms with E-state index in [1.807, 2.05) is 0 Å². The highest BCUT2D eigenvalue weighted by atomic mass is 35.5. The Morgan fingerprint density at radius 3 is 2.85 bits per heavy atom. The summed E-state index contributed by atoms with van der Waals surface area (Å²) in [5.74, 6) is -0.210. The molecule has 0 aromatic carbocycles. The fourth-order valence-corrected chi connectivity index (χ4v) is 2.24. The lowest BCUT2D eigenvalue weighted by molar-refractivity contribution is 0.0599. The van der Waals surface area contributed by atoms with E-state index in [0.29, 0.717) is 6.04 Å². The molecule has 0 radical (unpaired) electrons. The number of halogens is 2. The van der Waals surface area contributed by atoms with Crippen LogP contribution in [0.3, 0.4) is 0 Å². The molecule has 0 saturated carbocycles. The predicted molar refractivity (Wildman–Crippen MR) is 78.9 cm³/mol. The third-order valence-electron chi connectivity index (χ3n) is 3.16. The van der Waals surface area contributed by atoms with Gasteiger partial charge in [-0.1, -0.05) is 11.6 Å². The summed E-state index contributed by atoms with van der Waals surface area (Å²) in [6.07, 6.45) is 3.49. The van der Waals surface area contributed by atoms with E-state index in [0.717, 1.165) is 19.4 Å². The first-order chi connectivity index (χ1) is 9.11. The summed E-state index contributed by atoms with van der Waals surface area (Å²) in [6.45, 7) is 2.89. The molecule has 0 unspecified atom stereocenters. The quantitative estimate of drug-likeness (QED) is 0.867. The second-order valence-corrected chi connectivity index (χ2v) is 4.97. The number of pyridine rings is 1. The summed E-state index contributed by atoms with van der Waals surface area (Å²) < 4.78 is 10.4. The van der Waals surface area contributed by atoms with Crippen LogP contribution in [-0.2, 0) is 4.74 Å². The van der Waals surface area contributed by atoms with Crippen LogP contribution in [0, 0.1) is 0 Å². The van der Waals surface area contributed by atoms with Crippen LogP contribution >= 0.6 is 24.0 Å². The molecule has 1 aliphatic heterocycles. The highest BCUT2D eigenvalue weighted by molar-refractivity contribution is 6.34. The normalized spacial score (nSPS) is 21.8. The molecule has 2 rings (SSSR count). The monoisotopic (exact) mass is 320 g/mol. The average molecular weight is 321 g/mol. The van der Waals surface area contributed by atoms with Gasteiger partial charge in [0.15, 0.2) is 0 Å². The first kappa shape index (κ1) is 17.0. The molecule has 20 heavy (non-hydrogen) atoms. The lowest BCUT2D eigenvalue weighted by Crippen LogP contribution is -2.42. The topological polar surface area (TPSA) is 60.5 Å². The second-order valence-electron chi connectivity index (χ2n) is 4.60. The maximum absolute atomic E-state index is 11.5. The molecule has 1 aromatic heterocycles. The lowest BCUT2D eigenvalue weighted by Gasteiger charge is -2.28. The van der Waals surface area contributed by atoms with E-state index in [-0.39, 0.29) is 35.0 Å². The number of hydrogen-bond acceptors (Lipinski definition) is 5. The van der Waals surface area contributed by atoms with Gasteiger partial charge >= 0.3 is 5.97 Å². The van der Waals surface area contributed by atoms with Crippen LogP contribution in [0.25, 0.3) is 0 Å². The Labute approximate surface area is 129 Å². The summed E-state index contributed by atoms with van der Waals surface area (Å²) in [5.41, 5.74) is 0.270. The molecule has 0 spiro atoms. The Morgan fingerprint density at radius 2 is 2.25 bits per heavy atom. The number of aromatic nitrogens is 1. The first-order valence-electron chi connectivity index (χ1n) is 6.24. The minimum absolute atomic E-state index is 0. The number of nitrogens with zero attached hydrogens (tertiary/aromatic N) is 1. The molecule has 1 N–H and O–H groups in total. The number of carbonyl (C=O) groups excluding carboxylic acids is 1. The van der Waals surface area contributed by atoms with Crippen molar-refractivity contribution >= 4 is 30.0 Å². The zero-order valence-electron chi connectivity index (χ0n) is 11.4. The molecule has 7 heteroatoms. The largest absolute Gasteiger partial charge is 0.472 e. The summed E-state index contributed by atoms with van der Waals surface area (Å²) in [7, 11) is 1.31. The molecule has 2 atom stereocenters. The molecule has 112 valence electrons. The number of rotatable bonds is 3. The molecule has 2 heterocycles. The maximum atomic E-state index is 11.5. The van der Waals surface area contributed by atoms with Gasteiger partial charge in [-0.2, -0.15) is 0 Å². The number of methoxy groups -OCH3 is 1. The molecule has 0 bridgehead atoms. The Morgan fingerprint density at radius 1 is 1.50 bits per heavy atom. The van der Waals surface area contributed by atoms with Gasteiger partial charge in [0.1, 0.15) is 11.1 Å². The number of hydrogen-bond donors (Lipinski definition) is 1. The predicted octanol–water partition coefficient (Wildman–Crippen LogP) is 2.46. The summed E-state index contributed by atoms with van der Waals surface area (Å²) in [5, 5.41) is 3.53. The molecule has 1 saturated heterocycles. The van der Waals surface area contributed by atoms with E-state index < -0.39 is 5.97 Å². The Bertz CT molecular complexity index is 463. The van der Waals surface area contributed by atoms with Gasteiger partial charge in [-0.15, -0.1) is 12.4 Å². The van der Waals surface area contributed by atoms with Crippen molar-refractivity contribution < 1.29 is 14.3 Å². The van der Waals surface area contributed by atoms with Crippen molar-refractivity contribution in [3.05, 3.63) is 22.8 Å². The number of carbonyl (C=O) groups is 1. The van der Waals surface area contributed by atoms with Gasteiger partial charge in [-0.3, -0.25) is 0 Å². The van der Waals surface area contributed by atoms with E-state index in [1.54, 1.807) is 0 Å². The Hall–Kier alpha value is -1.04. The zero-order chi connectivity index (χ0) is 13.8. The van der Waals surface area contributed by atoms with Crippen LogP contribution in [0.2, 0.25) is 5.02 Å². The molecule has 1 aromatic rings. The Kier molecular flexibility index (Phi) is 6.52. The van der Waals surface area contributed by atoms with Gasteiger partial charge < -0.3 is 14.8 Å². The highest BCUT2D eigenvalue weighted by Crippen LogP contribution is 2.28. The van der Waals surface area contributed by atoms with Crippen molar-refractivity contribution in [1.82, 2.24) is 10.3 Å². The van der Waals surface area contributed by atoms with E-state index in [9.17, 15) is 4.79 Å². The van der Waals surface area contributed by atoms with Crippen LogP contribution in [0.1, 0.15) is 30.1 Å². The second kappa shape index (κ2) is 7.67. The molecule has 1 fully saturated rings. The van der Waals surface area contributed by atoms with Crippen LogP contribution in [0.4, 0.5) is 0 Å². The van der Waals surface area contributed by atoms with Gasteiger partial charge in [0.05, 0.1) is 12.7 Å². The molecule has 5 nitrogen and oxygen atoms in total. The van der Waals surface area contributed by atoms with E-state index in [2.05, 4.69) is 22.0 Å². The van der Waals surface area contributed by atoms with Crippen LogP contribution in [-0.4, -0.2) is 36.8 Å². The highest BCUT2D eigenvalue weighted by Gasteiger charge is 2.22. The Balaban J connectivity index is 0.00000200. The van der Waals surface area contributed by atoms with Crippen molar-refractivity contribution in [3.8, 4) is 5.88 Å². The standard InChI is InChI=1S/C13H17ClN2O3.ClH/c1-8-3-4-9(7-16-8)19-12-11(14)10(5-6-15-12)13(17)18-2;/h5-6,8-9,16H,3-4,7H2,1-2H3;1H/t8-,9-;/m1./s1. The minimum Gasteiger partial charge on any atom is -0.472 e. The summed E-state index contributed by atoms with van der Waals surface area (Å²) >= 11 is 6.12. The number of esters is 1. The number of nitrogens with one attached hydrogen (secondary N) is 1. The van der Waals surface area contributed by atoms with Crippen LogP contribution in [0.5, 0.6) is 5.88 Å². The van der Waals surface area contributed by atoms with Crippen molar-refractivity contribution in [2.45, 2.75) is 31.9 Å². The molecular weight excluding hydrogens is 303 g/mol. The van der Waals surface area contributed by atoms with Crippen LogP contribution in [0.15, 0.2) is 12.3 Å². The van der Waals surface area contributed by atoms with E-state index in [1.165, 1.54) is 19.4 Å². The SMILES string of the molecule is COC(=O)c1ccnc(O[C@@H]2CC[C@@H](C)NC2)c1Cl.Cl. The molecular formula is C13H18Cl2N2O3. The van der Waals surface area contributed by atoms with E-state index in [4.69, 9.17) is 16.3 Å². The van der Waals surface area contributed by atoms with E-state index >= 15 is 0 Å². The van der Waals surface area contributed by atoms with Gasteiger partial charge in [0.25, 0.3) is 0 Å². The van der Waals surface area contributed by atoms with Crippen molar-refractivity contribution in [2.24, 2.45) is 0 Å². The van der Waals surface area contributed by atoms with Gasteiger partial charge in [-0.05, 0) is 25.8 Å².